The summed E-state index contributed by atoms with van der Waals surface area (Å²) in [7, 11) is 1.11. The van der Waals surface area contributed by atoms with E-state index in [2.05, 4.69) is 9.72 Å². The number of hydrogen-bond donors (Lipinski definition) is 0. The predicted molar refractivity (Wildman–Crippen MR) is 52.2 cm³/mol. The molecule has 3 nitrogen and oxygen atoms in total. The van der Waals surface area contributed by atoms with Crippen molar-refractivity contribution in [2.75, 3.05) is 7.11 Å². The highest BCUT2D eigenvalue weighted by Gasteiger charge is 2.49. The van der Waals surface area contributed by atoms with Gasteiger partial charge in [-0.2, -0.15) is 4.39 Å². The van der Waals surface area contributed by atoms with Crippen LogP contribution in [0.1, 0.15) is 28.9 Å². The van der Waals surface area contributed by atoms with E-state index >= 15 is 0 Å². The number of nitrogens with zero attached hydrogens (tertiary/aromatic N) is 1. The maximum absolute atomic E-state index is 13.6. The summed E-state index contributed by atoms with van der Waals surface area (Å²) in [6, 6.07) is 1.94. The lowest BCUT2D eigenvalue weighted by molar-refractivity contribution is -0.0325. The van der Waals surface area contributed by atoms with E-state index in [0.717, 1.165) is 19.2 Å². The summed E-state index contributed by atoms with van der Waals surface area (Å²) >= 11 is 0. The van der Waals surface area contributed by atoms with Crippen LogP contribution in [0.15, 0.2) is 12.1 Å². The van der Waals surface area contributed by atoms with Gasteiger partial charge in [-0.25, -0.2) is 18.6 Å². The van der Waals surface area contributed by atoms with E-state index in [1.807, 2.05) is 0 Å². The van der Waals surface area contributed by atoms with Crippen LogP contribution in [0.2, 0.25) is 0 Å². The molecule has 0 atom stereocenters. The summed E-state index contributed by atoms with van der Waals surface area (Å²) in [5.74, 6) is -6.20. The first kappa shape index (κ1) is 11.9. The fraction of sp³-hybridized carbons (Fsp3) is 0.455. The largest absolute Gasteiger partial charge is 0.464 e. The Hall–Kier alpha value is -1.59. The number of methoxy groups -OCH3 is 1. The molecule has 0 spiro atoms. The van der Waals surface area contributed by atoms with Crippen molar-refractivity contribution in [3.05, 3.63) is 29.3 Å². The van der Waals surface area contributed by atoms with Crippen molar-refractivity contribution in [2.24, 2.45) is 5.92 Å². The minimum atomic E-state index is -3.22. The van der Waals surface area contributed by atoms with E-state index in [0.29, 0.717) is 12.8 Å². The number of alkyl halides is 2. The zero-order valence-electron chi connectivity index (χ0n) is 9.04. The number of halogens is 3. The maximum atomic E-state index is 13.6. The van der Waals surface area contributed by atoms with Crippen molar-refractivity contribution in [1.82, 2.24) is 4.98 Å². The number of esters is 1. The lowest BCUT2D eigenvalue weighted by Gasteiger charge is -2.16. The van der Waals surface area contributed by atoms with E-state index in [4.69, 9.17) is 0 Å². The topological polar surface area (TPSA) is 39.2 Å². The standard InChI is InChI=1S/C11H10F3NO2/c1-17-10(16)8-5-4-7(9(12)15-8)11(13,14)6-2-3-6/h4-6H,2-3H2,1H3. The summed E-state index contributed by atoms with van der Waals surface area (Å²) in [4.78, 5) is 14.2. The lowest BCUT2D eigenvalue weighted by atomic mass is 10.1. The molecule has 1 saturated carbocycles. The number of pyridine rings is 1. The molecule has 0 unspecified atom stereocenters. The van der Waals surface area contributed by atoms with Gasteiger partial charge in [0, 0.05) is 5.92 Å². The molecule has 0 aliphatic heterocycles. The Morgan fingerprint density at radius 2 is 2.12 bits per heavy atom. The molecule has 0 amide bonds. The predicted octanol–water partition coefficient (Wildman–Crippen LogP) is 2.51. The third-order valence-electron chi connectivity index (χ3n) is 2.69. The average Bonchev–Trinajstić information content (AvgIpc) is 3.11. The van der Waals surface area contributed by atoms with Crippen LogP contribution in [0.5, 0.6) is 0 Å². The second kappa shape index (κ2) is 4.01. The number of ether oxygens (including phenoxy) is 1. The Morgan fingerprint density at radius 1 is 1.47 bits per heavy atom. The quantitative estimate of drug-likeness (QED) is 0.606. The van der Waals surface area contributed by atoms with Crippen LogP contribution in [0.25, 0.3) is 0 Å². The molecular formula is C11H10F3NO2. The van der Waals surface area contributed by atoms with Gasteiger partial charge in [0.1, 0.15) is 0 Å². The smallest absolute Gasteiger partial charge is 0.356 e. The van der Waals surface area contributed by atoms with Crippen molar-refractivity contribution >= 4 is 5.97 Å². The van der Waals surface area contributed by atoms with Gasteiger partial charge in [0.2, 0.25) is 5.95 Å². The van der Waals surface area contributed by atoms with Gasteiger partial charge in [0.25, 0.3) is 5.92 Å². The van der Waals surface area contributed by atoms with Gasteiger partial charge >= 0.3 is 5.97 Å². The fourth-order valence-electron chi connectivity index (χ4n) is 1.57. The Morgan fingerprint density at radius 3 is 2.59 bits per heavy atom. The third kappa shape index (κ3) is 2.11. The summed E-state index contributed by atoms with van der Waals surface area (Å²) in [5, 5.41) is 0. The first-order valence-electron chi connectivity index (χ1n) is 5.10. The molecule has 92 valence electrons. The number of carbonyl (C=O) groups excluding carboxylic acids is 1. The van der Waals surface area contributed by atoms with Crippen LogP contribution in [0.3, 0.4) is 0 Å². The van der Waals surface area contributed by atoms with Gasteiger partial charge in [0.05, 0.1) is 12.7 Å². The molecule has 2 rings (SSSR count). The van der Waals surface area contributed by atoms with Crippen molar-refractivity contribution in [1.29, 1.82) is 0 Å². The van der Waals surface area contributed by atoms with E-state index in [-0.39, 0.29) is 5.69 Å². The Bertz CT molecular complexity index is 458. The van der Waals surface area contributed by atoms with Gasteiger partial charge in [-0.05, 0) is 25.0 Å². The van der Waals surface area contributed by atoms with Crippen molar-refractivity contribution in [3.8, 4) is 0 Å². The summed E-state index contributed by atoms with van der Waals surface area (Å²) < 4.78 is 45.0. The highest BCUT2D eigenvalue weighted by Crippen LogP contribution is 2.49. The molecule has 1 fully saturated rings. The molecule has 1 heterocycles. The second-order valence-electron chi connectivity index (χ2n) is 3.92. The van der Waals surface area contributed by atoms with Crippen LogP contribution in [-0.2, 0) is 10.7 Å². The molecular weight excluding hydrogens is 235 g/mol. The molecule has 0 saturated heterocycles. The minimum Gasteiger partial charge on any atom is -0.464 e. The number of hydrogen-bond acceptors (Lipinski definition) is 3. The number of carbonyl (C=O) groups is 1. The number of rotatable bonds is 3. The highest BCUT2D eigenvalue weighted by atomic mass is 19.3. The van der Waals surface area contributed by atoms with Gasteiger partial charge in [0.15, 0.2) is 5.69 Å². The molecule has 1 aromatic rings. The molecule has 17 heavy (non-hydrogen) atoms. The van der Waals surface area contributed by atoms with E-state index in [1.54, 1.807) is 0 Å². The van der Waals surface area contributed by atoms with Gasteiger partial charge < -0.3 is 4.74 Å². The van der Waals surface area contributed by atoms with Crippen LogP contribution in [0.4, 0.5) is 13.2 Å². The monoisotopic (exact) mass is 245 g/mol. The fourth-order valence-corrected chi connectivity index (χ4v) is 1.57. The zero-order chi connectivity index (χ0) is 12.6. The lowest BCUT2D eigenvalue weighted by Crippen LogP contribution is -2.20. The second-order valence-corrected chi connectivity index (χ2v) is 3.92. The van der Waals surface area contributed by atoms with Crippen LogP contribution in [-0.4, -0.2) is 18.1 Å². The molecule has 0 radical (unpaired) electrons. The summed E-state index contributed by atoms with van der Waals surface area (Å²) in [6.45, 7) is 0. The van der Waals surface area contributed by atoms with Crippen molar-refractivity contribution < 1.29 is 22.7 Å². The molecule has 6 heteroatoms. The highest BCUT2D eigenvalue weighted by molar-refractivity contribution is 5.87. The van der Waals surface area contributed by atoms with Crippen molar-refractivity contribution in [3.63, 3.8) is 0 Å². The third-order valence-corrected chi connectivity index (χ3v) is 2.69. The Labute approximate surface area is 95.6 Å². The molecule has 0 aromatic carbocycles. The van der Waals surface area contributed by atoms with Crippen LogP contribution < -0.4 is 0 Å². The minimum absolute atomic E-state index is 0.319. The molecule has 1 aliphatic carbocycles. The number of aromatic nitrogens is 1. The van der Waals surface area contributed by atoms with E-state index < -0.39 is 29.3 Å². The zero-order valence-corrected chi connectivity index (χ0v) is 9.04. The van der Waals surface area contributed by atoms with Crippen LogP contribution >= 0.6 is 0 Å². The van der Waals surface area contributed by atoms with Crippen molar-refractivity contribution in [2.45, 2.75) is 18.8 Å². The Kier molecular flexibility index (Phi) is 2.81. The van der Waals surface area contributed by atoms with Crippen LogP contribution in [0, 0.1) is 11.9 Å². The molecule has 1 aliphatic rings. The van der Waals surface area contributed by atoms with Gasteiger partial charge in [-0.3, -0.25) is 0 Å². The van der Waals surface area contributed by atoms with Gasteiger partial charge in [-0.1, -0.05) is 0 Å². The Balaban J connectivity index is 2.34. The SMILES string of the molecule is COC(=O)c1ccc(C(F)(F)C2CC2)c(F)n1. The average molecular weight is 245 g/mol. The van der Waals surface area contributed by atoms with E-state index in [9.17, 15) is 18.0 Å². The summed E-state index contributed by atoms with van der Waals surface area (Å²) in [6.07, 6.45) is 0.760. The molecule has 0 N–H and O–H groups in total. The summed E-state index contributed by atoms with van der Waals surface area (Å²) in [5.41, 5.74) is -1.08. The van der Waals surface area contributed by atoms with Gasteiger partial charge in [-0.15, -0.1) is 0 Å². The normalized spacial score (nSPS) is 15.8. The molecule has 0 bridgehead atoms. The van der Waals surface area contributed by atoms with E-state index in [1.165, 1.54) is 0 Å². The molecule has 1 aromatic heterocycles. The first-order chi connectivity index (χ1) is 7.96. The first-order valence-corrected chi connectivity index (χ1v) is 5.10. The maximum Gasteiger partial charge on any atom is 0.356 e.